The van der Waals surface area contributed by atoms with Gasteiger partial charge in [0.05, 0.1) is 5.69 Å². The van der Waals surface area contributed by atoms with Gasteiger partial charge in [0, 0.05) is 86.9 Å². The second-order valence-electron chi connectivity index (χ2n) is 8.09. The Hall–Kier alpha value is -2.48. The molecule has 0 unspecified atom stereocenters. The van der Waals surface area contributed by atoms with Crippen LogP contribution in [-0.4, -0.2) is 40.6 Å². The van der Waals surface area contributed by atoms with Gasteiger partial charge in [-0.05, 0) is 48.9 Å². The van der Waals surface area contributed by atoms with Crippen molar-refractivity contribution in [1.29, 1.82) is 0 Å². The van der Waals surface area contributed by atoms with E-state index < -0.39 is 0 Å². The molecule has 0 saturated carbocycles. The summed E-state index contributed by atoms with van der Waals surface area (Å²) in [6.45, 7) is 13.8. The third-order valence-electron chi connectivity index (χ3n) is 5.92. The largest absolute Gasteiger partial charge is 0.492 e. The number of nitrogens with zero attached hydrogens (tertiary/aromatic N) is 4. The SMILES string of the molecule is [CH2-]CN(C[CH2-])c1ccc(Nc2nc(-c3ccc4c(c3)CNCCO4)cn3ccnc23)cc1C.[Y]. The summed E-state index contributed by atoms with van der Waals surface area (Å²) in [5, 5.41) is 6.87. The summed E-state index contributed by atoms with van der Waals surface area (Å²) in [5.74, 6) is 1.64. The number of rotatable bonds is 6. The zero-order chi connectivity index (χ0) is 22.8. The Labute approximate surface area is 225 Å². The molecular formula is C26H28N6OY-2. The second kappa shape index (κ2) is 10.8. The molecule has 34 heavy (non-hydrogen) atoms. The maximum absolute atomic E-state index is 5.83. The maximum Gasteiger partial charge on any atom is 0.180 e. The topological polar surface area (TPSA) is 66.7 Å². The number of aryl methyl sites for hydroxylation is 1. The molecular weight excluding hydrogens is 501 g/mol. The number of fused-ring (bicyclic) bond motifs is 2. The minimum absolute atomic E-state index is 0. The fraction of sp³-hybridized carbons (Fsp3) is 0.231. The van der Waals surface area contributed by atoms with E-state index in [1.54, 1.807) is 6.20 Å². The first-order valence-corrected chi connectivity index (χ1v) is 11.2. The average Bonchev–Trinajstić information content (AvgIpc) is 3.18. The monoisotopic (exact) mass is 529 g/mol. The molecule has 5 rings (SSSR count). The van der Waals surface area contributed by atoms with Gasteiger partial charge in [0.2, 0.25) is 0 Å². The van der Waals surface area contributed by atoms with Crippen molar-refractivity contribution in [2.24, 2.45) is 0 Å². The van der Waals surface area contributed by atoms with Crippen molar-refractivity contribution in [3.05, 3.63) is 80.0 Å². The van der Waals surface area contributed by atoms with E-state index in [9.17, 15) is 0 Å². The molecule has 2 N–H and O–H groups in total. The molecule has 0 aliphatic carbocycles. The van der Waals surface area contributed by atoms with Crippen molar-refractivity contribution in [2.75, 3.05) is 36.5 Å². The average molecular weight is 529 g/mol. The molecule has 0 atom stereocenters. The number of hydrogen-bond acceptors (Lipinski definition) is 6. The molecule has 0 spiro atoms. The minimum Gasteiger partial charge on any atom is -0.492 e. The number of hydrogen-bond donors (Lipinski definition) is 2. The van der Waals surface area contributed by atoms with Gasteiger partial charge in [0.15, 0.2) is 11.5 Å². The normalized spacial score (nSPS) is 12.9. The first-order chi connectivity index (χ1) is 16.2. The Morgan fingerprint density at radius 1 is 1.18 bits per heavy atom. The predicted molar refractivity (Wildman–Crippen MR) is 133 cm³/mol. The van der Waals surface area contributed by atoms with E-state index >= 15 is 0 Å². The molecule has 3 heterocycles. The van der Waals surface area contributed by atoms with Crippen LogP contribution in [-0.2, 0) is 39.3 Å². The Morgan fingerprint density at radius 2 is 2.03 bits per heavy atom. The molecule has 1 aliphatic heterocycles. The third kappa shape index (κ3) is 4.97. The molecule has 0 fully saturated rings. The first kappa shape index (κ1) is 24.6. The van der Waals surface area contributed by atoms with Crippen LogP contribution >= 0.6 is 0 Å². The van der Waals surface area contributed by atoms with Gasteiger partial charge in [-0.25, -0.2) is 9.97 Å². The third-order valence-corrected chi connectivity index (χ3v) is 5.92. The van der Waals surface area contributed by atoms with Gasteiger partial charge < -0.3 is 38.5 Å². The van der Waals surface area contributed by atoms with Crippen molar-refractivity contribution < 1.29 is 37.4 Å². The summed E-state index contributed by atoms with van der Waals surface area (Å²) in [6.07, 6.45) is 5.74. The van der Waals surface area contributed by atoms with E-state index in [2.05, 4.69) is 71.6 Å². The molecule has 2 aromatic carbocycles. The van der Waals surface area contributed by atoms with Crippen LogP contribution in [0.1, 0.15) is 11.1 Å². The van der Waals surface area contributed by atoms with Crippen LogP contribution in [0.5, 0.6) is 5.75 Å². The Kier molecular flexibility index (Phi) is 7.86. The summed E-state index contributed by atoms with van der Waals surface area (Å²) in [6, 6.07) is 12.5. The summed E-state index contributed by atoms with van der Waals surface area (Å²) < 4.78 is 7.83. The number of aromatic nitrogens is 3. The van der Waals surface area contributed by atoms with E-state index in [1.165, 1.54) is 0 Å². The molecule has 7 nitrogen and oxygen atoms in total. The van der Waals surface area contributed by atoms with Gasteiger partial charge >= 0.3 is 0 Å². The van der Waals surface area contributed by atoms with E-state index in [1.807, 2.05) is 22.9 Å². The van der Waals surface area contributed by atoms with Crippen LogP contribution in [0.2, 0.25) is 0 Å². The van der Waals surface area contributed by atoms with Crippen molar-refractivity contribution in [1.82, 2.24) is 19.7 Å². The summed E-state index contributed by atoms with van der Waals surface area (Å²) >= 11 is 0. The van der Waals surface area contributed by atoms with Gasteiger partial charge in [-0.2, -0.15) is 0 Å². The standard InChI is InChI=1S/C26H28N6O.Y/c1-4-31(5-2)23-8-7-21(14-18(23)3)29-25-26-28-10-12-32(26)17-22(30-25)19-6-9-24-20(15-19)16-27-11-13-33-24;/h6-10,12,14-15,17,27H,1-2,4-5,11,13,16H2,3H3,(H,29,30);/q-2;. The summed E-state index contributed by atoms with van der Waals surface area (Å²) in [4.78, 5) is 11.6. The van der Waals surface area contributed by atoms with Gasteiger partial charge in [0.1, 0.15) is 12.4 Å². The van der Waals surface area contributed by atoms with Crippen LogP contribution in [0.15, 0.2) is 55.0 Å². The van der Waals surface area contributed by atoms with Crippen LogP contribution in [0, 0.1) is 20.8 Å². The van der Waals surface area contributed by atoms with E-state index in [0.717, 1.165) is 58.2 Å². The number of imidazole rings is 1. The fourth-order valence-corrected chi connectivity index (χ4v) is 4.21. The smallest absolute Gasteiger partial charge is 0.180 e. The van der Waals surface area contributed by atoms with Crippen molar-refractivity contribution in [2.45, 2.75) is 13.5 Å². The van der Waals surface area contributed by atoms with Crippen LogP contribution in [0.4, 0.5) is 17.2 Å². The van der Waals surface area contributed by atoms with Crippen molar-refractivity contribution in [3.8, 4) is 17.0 Å². The molecule has 1 aliphatic rings. The first-order valence-electron chi connectivity index (χ1n) is 11.2. The number of benzene rings is 2. The maximum atomic E-state index is 5.83. The summed E-state index contributed by atoms with van der Waals surface area (Å²) in [7, 11) is 0. The molecule has 4 aromatic rings. The molecule has 1 radical (unpaired) electrons. The Bertz CT molecular complexity index is 1280. The number of anilines is 3. The molecule has 0 amide bonds. The van der Waals surface area contributed by atoms with Crippen LogP contribution in [0.3, 0.4) is 0 Å². The van der Waals surface area contributed by atoms with Gasteiger partial charge in [-0.3, -0.25) is 0 Å². The van der Waals surface area contributed by atoms with Crippen molar-refractivity contribution in [3.63, 3.8) is 0 Å². The van der Waals surface area contributed by atoms with E-state index in [0.29, 0.717) is 25.5 Å². The molecule has 173 valence electrons. The van der Waals surface area contributed by atoms with Gasteiger partial charge in [0.25, 0.3) is 0 Å². The minimum atomic E-state index is 0. The number of nitrogens with one attached hydrogen (secondary N) is 2. The van der Waals surface area contributed by atoms with Crippen molar-refractivity contribution >= 4 is 22.8 Å². The van der Waals surface area contributed by atoms with Crippen LogP contribution in [0.25, 0.3) is 16.9 Å². The summed E-state index contributed by atoms with van der Waals surface area (Å²) in [5.41, 5.74) is 7.06. The van der Waals surface area contributed by atoms with Gasteiger partial charge in [-0.1, -0.05) is 0 Å². The molecule has 0 bridgehead atoms. The molecule has 0 saturated heterocycles. The quantitative estimate of drug-likeness (QED) is 0.361. The zero-order valence-electron chi connectivity index (χ0n) is 19.4. The second-order valence-corrected chi connectivity index (χ2v) is 8.09. The fourth-order valence-electron chi connectivity index (χ4n) is 4.21. The number of ether oxygens (including phenoxy) is 1. The zero-order valence-corrected chi connectivity index (χ0v) is 22.3. The van der Waals surface area contributed by atoms with E-state index in [-0.39, 0.29) is 32.7 Å². The molecule has 2 aromatic heterocycles. The van der Waals surface area contributed by atoms with Gasteiger partial charge in [-0.15, -0.1) is 13.1 Å². The Balaban J connectivity index is 0.00000274. The predicted octanol–water partition coefficient (Wildman–Crippen LogP) is 4.40. The Morgan fingerprint density at radius 3 is 2.82 bits per heavy atom. The molecule has 8 heteroatoms. The van der Waals surface area contributed by atoms with Crippen LogP contribution < -0.4 is 20.3 Å². The van der Waals surface area contributed by atoms with E-state index in [4.69, 9.17) is 9.72 Å².